The molecule has 0 N–H and O–H groups in total. The summed E-state index contributed by atoms with van der Waals surface area (Å²) in [4.78, 5) is 14.3. The third-order valence-corrected chi connectivity index (χ3v) is 6.17. The minimum atomic E-state index is 0.304. The third-order valence-electron chi connectivity index (χ3n) is 5.92. The monoisotopic (exact) mass is 406 g/mol. The largest absolute Gasteiger partial charge is 0.342 e. The van der Waals surface area contributed by atoms with E-state index < -0.39 is 0 Å². The molecule has 1 aliphatic carbocycles. The molecular weight excluding hydrogens is 384 g/mol. The maximum Gasteiger partial charge on any atom is 0.225 e. The molecule has 29 heavy (non-hydrogen) atoms. The van der Waals surface area contributed by atoms with Crippen molar-refractivity contribution in [1.29, 1.82) is 0 Å². The lowest BCUT2D eigenvalue weighted by atomic mass is 10.0. The first-order valence-electron chi connectivity index (χ1n) is 10.2. The first-order chi connectivity index (χ1) is 14.2. The van der Waals surface area contributed by atoms with E-state index in [9.17, 15) is 4.79 Å². The second kappa shape index (κ2) is 7.64. The van der Waals surface area contributed by atoms with Gasteiger partial charge in [-0.15, -0.1) is 10.2 Å². The summed E-state index contributed by atoms with van der Waals surface area (Å²) in [7, 11) is 0. The smallest absolute Gasteiger partial charge is 0.225 e. The van der Waals surface area contributed by atoms with E-state index in [1.54, 1.807) is 6.33 Å². The Labute approximate surface area is 175 Å². The van der Waals surface area contributed by atoms with Crippen LogP contribution in [0.4, 0.5) is 0 Å². The molecule has 1 amide bonds. The molecule has 0 radical (unpaired) electrons. The zero-order valence-electron chi connectivity index (χ0n) is 16.2. The summed E-state index contributed by atoms with van der Waals surface area (Å²) >= 11 is 5.98. The van der Waals surface area contributed by atoms with Crippen LogP contribution in [0.1, 0.15) is 19.3 Å². The van der Waals surface area contributed by atoms with Crippen molar-refractivity contribution in [2.75, 3.05) is 13.1 Å². The quantitative estimate of drug-likeness (QED) is 0.625. The van der Waals surface area contributed by atoms with Crippen LogP contribution in [0.25, 0.3) is 22.5 Å². The molecule has 2 aliphatic rings. The van der Waals surface area contributed by atoms with Gasteiger partial charge in [0.05, 0.1) is 0 Å². The average molecular weight is 407 g/mol. The van der Waals surface area contributed by atoms with Crippen LogP contribution in [-0.4, -0.2) is 38.7 Å². The first-order valence-corrected chi connectivity index (χ1v) is 10.6. The van der Waals surface area contributed by atoms with E-state index in [0.717, 1.165) is 66.4 Å². The van der Waals surface area contributed by atoms with Crippen LogP contribution in [0.15, 0.2) is 54.9 Å². The summed E-state index contributed by atoms with van der Waals surface area (Å²) in [5.74, 6) is 1.99. The molecule has 5 rings (SSSR count). The predicted octanol–water partition coefficient (Wildman–Crippen LogP) is 4.52. The van der Waals surface area contributed by atoms with Gasteiger partial charge in [-0.05, 0) is 48.4 Å². The van der Waals surface area contributed by atoms with Gasteiger partial charge in [-0.3, -0.25) is 4.79 Å². The normalized spacial score (nSPS) is 18.9. The number of benzene rings is 2. The maximum absolute atomic E-state index is 12.3. The zero-order valence-corrected chi connectivity index (χ0v) is 16.9. The molecule has 1 aromatic heterocycles. The Bertz CT molecular complexity index is 1010. The van der Waals surface area contributed by atoms with Gasteiger partial charge >= 0.3 is 0 Å². The number of rotatable bonds is 5. The molecule has 1 saturated heterocycles. The fraction of sp³-hybridized carbons (Fsp3) is 0.348. The van der Waals surface area contributed by atoms with Crippen LogP contribution >= 0.6 is 11.6 Å². The number of hydrogen-bond acceptors (Lipinski definition) is 3. The molecule has 5 nitrogen and oxygen atoms in total. The van der Waals surface area contributed by atoms with Gasteiger partial charge in [0, 0.05) is 36.1 Å². The molecule has 2 heterocycles. The second-order valence-corrected chi connectivity index (χ2v) is 8.54. The summed E-state index contributed by atoms with van der Waals surface area (Å²) in [5.41, 5.74) is 3.32. The molecular formula is C23H23ClN4O. The topological polar surface area (TPSA) is 51.0 Å². The lowest BCUT2D eigenvalue weighted by Gasteiger charge is -2.17. The highest BCUT2D eigenvalue weighted by molar-refractivity contribution is 6.30. The highest BCUT2D eigenvalue weighted by Crippen LogP contribution is 2.33. The second-order valence-electron chi connectivity index (χ2n) is 8.10. The fourth-order valence-corrected chi connectivity index (χ4v) is 4.24. The lowest BCUT2D eigenvalue weighted by Crippen LogP contribution is -2.30. The number of likely N-dealkylation sites (tertiary alicyclic amines) is 1. The van der Waals surface area contributed by atoms with E-state index in [1.807, 2.05) is 29.2 Å². The van der Waals surface area contributed by atoms with Gasteiger partial charge in [-0.25, -0.2) is 0 Å². The maximum atomic E-state index is 12.3. The Kier molecular flexibility index (Phi) is 4.84. The van der Waals surface area contributed by atoms with Crippen LogP contribution in [0.3, 0.4) is 0 Å². The van der Waals surface area contributed by atoms with Gasteiger partial charge in [0.1, 0.15) is 6.33 Å². The van der Waals surface area contributed by atoms with E-state index in [4.69, 9.17) is 11.6 Å². The molecule has 1 atom stereocenters. The Hall–Kier alpha value is -2.66. The Morgan fingerprint density at radius 2 is 1.62 bits per heavy atom. The van der Waals surface area contributed by atoms with Crippen LogP contribution in [0, 0.1) is 11.8 Å². The molecule has 0 bridgehead atoms. The van der Waals surface area contributed by atoms with Crippen molar-refractivity contribution in [3.05, 3.63) is 59.9 Å². The molecule has 0 spiro atoms. The standard InChI is InChI=1S/C23H23ClN4O/c24-21-9-7-18(8-10-21)17-1-3-19(4-2-17)22-26-25-15-28(22)14-16-11-12-27(13-16)23(29)20-5-6-20/h1-4,7-10,15-16,20H,5-6,11-14H2. The van der Waals surface area contributed by atoms with E-state index in [2.05, 4.69) is 39.0 Å². The van der Waals surface area contributed by atoms with Crippen molar-refractivity contribution in [1.82, 2.24) is 19.7 Å². The van der Waals surface area contributed by atoms with E-state index in [0.29, 0.717) is 17.7 Å². The Morgan fingerprint density at radius 1 is 0.966 bits per heavy atom. The van der Waals surface area contributed by atoms with Crippen molar-refractivity contribution in [3.63, 3.8) is 0 Å². The summed E-state index contributed by atoms with van der Waals surface area (Å²) in [5, 5.41) is 9.23. The van der Waals surface area contributed by atoms with Crippen molar-refractivity contribution in [2.45, 2.75) is 25.8 Å². The predicted molar refractivity (Wildman–Crippen MR) is 113 cm³/mol. The fourth-order valence-electron chi connectivity index (χ4n) is 4.11. The van der Waals surface area contributed by atoms with Crippen molar-refractivity contribution in [2.24, 2.45) is 11.8 Å². The van der Waals surface area contributed by atoms with Gasteiger partial charge < -0.3 is 9.47 Å². The van der Waals surface area contributed by atoms with E-state index in [1.165, 1.54) is 0 Å². The third kappa shape index (κ3) is 3.92. The molecule has 1 saturated carbocycles. The minimum Gasteiger partial charge on any atom is -0.342 e. The number of amides is 1. The molecule has 2 fully saturated rings. The number of aromatic nitrogens is 3. The summed E-state index contributed by atoms with van der Waals surface area (Å²) in [6.45, 7) is 2.57. The number of hydrogen-bond donors (Lipinski definition) is 0. The molecule has 1 aliphatic heterocycles. The van der Waals surface area contributed by atoms with Crippen molar-refractivity contribution in [3.8, 4) is 22.5 Å². The Morgan fingerprint density at radius 3 is 2.31 bits per heavy atom. The van der Waals surface area contributed by atoms with Crippen LogP contribution in [-0.2, 0) is 11.3 Å². The minimum absolute atomic E-state index is 0.304. The molecule has 148 valence electrons. The number of halogens is 1. The molecule has 6 heteroatoms. The highest BCUT2D eigenvalue weighted by atomic mass is 35.5. The highest BCUT2D eigenvalue weighted by Gasteiger charge is 2.36. The van der Waals surface area contributed by atoms with Gasteiger partial charge in [0.15, 0.2) is 5.82 Å². The van der Waals surface area contributed by atoms with Crippen LogP contribution in [0.5, 0.6) is 0 Å². The SMILES string of the molecule is O=C(C1CC1)N1CCC(Cn2cnnc2-c2ccc(-c3ccc(Cl)cc3)cc2)C1. The number of carbonyl (C=O) groups excluding carboxylic acids is 1. The molecule has 2 aromatic carbocycles. The lowest BCUT2D eigenvalue weighted by molar-refractivity contribution is -0.131. The summed E-state index contributed by atoms with van der Waals surface area (Å²) < 4.78 is 2.12. The summed E-state index contributed by atoms with van der Waals surface area (Å²) in [6.07, 6.45) is 4.99. The average Bonchev–Trinajstić information content (AvgIpc) is 3.32. The molecule has 3 aromatic rings. The van der Waals surface area contributed by atoms with Gasteiger partial charge in [0.25, 0.3) is 0 Å². The number of carbonyl (C=O) groups is 1. The van der Waals surface area contributed by atoms with Gasteiger partial charge in [0.2, 0.25) is 5.91 Å². The number of nitrogens with zero attached hydrogens (tertiary/aromatic N) is 4. The zero-order chi connectivity index (χ0) is 19.8. The first kappa shape index (κ1) is 18.4. The molecule has 1 unspecified atom stereocenters. The van der Waals surface area contributed by atoms with E-state index in [-0.39, 0.29) is 0 Å². The summed E-state index contributed by atoms with van der Waals surface area (Å²) in [6, 6.07) is 16.2. The van der Waals surface area contributed by atoms with Gasteiger partial charge in [-0.1, -0.05) is 48.0 Å². The Balaban J connectivity index is 1.29. The van der Waals surface area contributed by atoms with Gasteiger partial charge in [-0.2, -0.15) is 0 Å². The van der Waals surface area contributed by atoms with Crippen molar-refractivity contribution < 1.29 is 4.79 Å². The van der Waals surface area contributed by atoms with E-state index >= 15 is 0 Å². The van der Waals surface area contributed by atoms with Crippen LogP contribution in [0.2, 0.25) is 5.02 Å². The van der Waals surface area contributed by atoms with Crippen LogP contribution < -0.4 is 0 Å². The van der Waals surface area contributed by atoms with Crippen molar-refractivity contribution >= 4 is 17.5 Å².